The Hall–Kier alpha value is -2.31. The largest absolute Gasteiger partial charge is 0.457 e. The van der Waals surface area contributed by atoms with Gasteiger partial charge in [-0.2, -0.15) is 5.26 Å². The first-order valence-corrected chi connectivity index (χ1v) is 6.92. The maximum Gasteiger partial charge on any atom is 0.135 e. The average Bonchev–Trinajstić information content (AvgIpc) is 2.47. The predicted molar refractivity (Wildman–Crippen MR) is 82.9 cm³/mol. The molecule has 3 aromatic carbocycles. The van der Waals surface area contributed by atoms with Crippen LogP contribution < -0.4 is 4.74 Å². The summed E-state index contributed by atoms with van der Waals surface area (Å²) in [4.78, 5) is 0. The van der Waals surface area contributed by atoms with Crippen LogP contribution in [0.2, 0.25) is 0 Å². The number of hydrogen-bond acceptors (Lipinski definition) is 2. The molecule has 3 rings (SSSR count). The quantitative estimate of drug-likeness (QED) is 0.643. The van der Waals surface area contributed by atoms with E-state index in [-0.39, 0.29) is 0 Å². The zero-order valence-electron chi connectivity index (χ0n) is 10.5. The van der Waals surface area contributed by atoms with E-state index in [0.717, 1.165) is 21.0 Å². The van der Waals surface area contributed by atoms with Crippen molar-refractivity contribution in [3.8, 4) is 17.6 Å². The molecule has 0 aliphatic heterocycles. The summed E-state index contributed by atoms with van der Waals surface area (Å²) in [6.45, 7) is 0. The molecule has 2 nitrogen and oxygen atoms in total. The normalized spacial score (nSPS) is 10.2. The lowest BCUT2D eigenvalue weighted by molar-refractivity contribution is 0.488. The Morgan fingerprint density at radius 1 is 0.950 bits per heavy atom. The van der Waals surface area contributed by atoms with Crippen LogP contribution in [0.15, 0.2) is 65.1 Å². The molecule has 3 heteroatoms. The first kappa shape index (κ1) is 12.7. The lowest BCUT2D eigenvalue weighted by Gasteiger charge is -2.09. The van der Waals surface area contributed by atoms with Gasteiger partial charge in [-0.15, -0.1) is 0 Å². The van der Waals surface area contributed by atoms with Crippen molar-refractivity contribution in [3.63, 3.8) is 0 Å². The van der Waals surface area contributed by atoms with Crippen LogP contribution in [0.4, 0.5) is 0 Å². The van der Waals surface area contributed by atoms with Gasteiger partial charge in [0.2, 0.25) is 0 Å². The highest BCUT2D eigenvalue weighted by molar-refractivity contribution is 9.10. The molecular weight excluding hydrogens is 314 g/mol. The smallest absolute Gasteiger partial charge is 0.135 e. The van der Waals surface area contributed by atoms with E-state index < -0.39 is 0 Å². The molecule has 0 aliphatic rings. The first-order chi connectivity index (χ1) is 9.76. The molecule has 3 aromatic rings. The Labute approximate surface area is 125 Å². The zero-order valence-corrected chi connectivity index (χ0v) is 12.1. The van der Waals surface area contributed by atoms with Crippen molar-refractivity contribution < 1.29 is 4.74 Å². The van der Waals surface area contributed by atoms with E-state index >= 15 is 0 Å². The molecule has 0 N–H and O–H groups in total. The van der Waals surface area contributed by atoms with Crippen molar-refractivity contribution in [2.24, 2.45) is 0 Å². The van der Waals surface area contributed by atoms with Crippen LogP contribution in [0, 0.1) is 11.3 Å². The van der Waals surface area contributed by atoms with E-state index in [1.165, 1.54) is 0 Å². The van der Waals surface area contributed by atoms with Crippen molar-refractivity contribution in [2.45, 2.75) is 0 Å². The second-order valence-corrected chi connectivity index (χ2v) is 5.28. The Morgan fingerprint density at radius 3 is 2.60 bits per heavy atom. The molecule has 0 atom stereocenters. The van der Waals surface area contributed by atoms with E-state index in [0.29, 0.717) is 11.3 Å². The van der Waals surface area contributed by atoms with Crippen molar-refractivity contribution in [2.75, 3.05) is 0 Å². The molecule has 0 spiro atoms. The summed E-state index contributed by atoms with van der Waals surface area (Å²) in [5, 5.41) is 11.2. The summed E-state index contributed by atoms with van der Waals surface area (Å²) in [7, 11) is 0. The van der Waals surface area contributed by atoms with Gasteiger partial charge in [-0.1, -0.05) is 52.3 Å². The van der Waals surface area contributed by atoms with Gasteiger partial charge in [-0.25, -0.2) is 0 Å². The van der Waals surface area contributed by atoms with Crippen LogP contribution in [0.25, 0.3) is 10.8 Å². The van der Waals surface area contributed by atoms with Gasteiger partial charge >= 0.3 is 0 Å². The molecule has 0 amide bonds. The Kier molecular flexibility index (Phi) is 3.41. The zero-order chi connectivity index (χ0) is 13.9. The maximum atomic E-state index is 9.00. The van der Waals surface area contributed by atoms with Gasteiger partial charge in [0.1, 0.15) is 11.5 Å². The van der Waals surface area contributed by atoms with Gasteiger partial charge in [0.15, 0.2) is 0 Å². The predicted octanol–water partition coefficient (Wildman–Crippen LogP) is 5.27. The summed E-state index contributed by atoms with van der Waals surface area (Å²) in [6, 6.07) is 21.4. The fourth-order valence-electron chi connectivity index (χ4n) is 2.10. The standard InChI is InChI=1S/C17H10BrNO/c18-14-8-12(11-19)9-15(10-14)20-17-7-3-5-13-4-1-2-6-16(13)17/h1-10H. The minimum absolute atomic E-state index is 0.564. The van der Waals surface area contributed by atoms with E-state index in [4.69, 9.17) is 10.00 Å². The Morgan fingerprint density at radius 2 is 1.75 bits per heavy atom. The molecular formula is C17H10BrNO. The summed E-state index contributed by atoms with van der Waals surface area (Å²) in [5.74, 6) is 1.43. The van der Waals surface area contributed by atoms with E-state index in [1.807, 2.05) is 48.5 Å². The third kappa shape index (κ3) is 2.52. The van der Waals surface area contributed by atoms with Crippen molar-refractivity contribution >= 4 is 26.7 Å². The molecule has 96 valence electrons. The van der Waals surface area contributed by atoms with Gasteiger partial charge in [0.25, 0.3) is 0 Å². The van der Waals surface area contributed by atoms with Crippen LogP contribution in [-0.2, 0) is 0 Å². The van der Waals surface area contributed by atoms with Gasteiger partial charge < -0.3 is 4.74 Å². The molecule has 0 fully saturated rings. The summed E-state index contributed by atoms with van der Waals surface area (Å²) in [6.07, 6.45) is 0. The second kappa shape index (κ2) is 5.36. The lowest BCUT2D eigenvalue weighted by Crippen LogP contribution is -1.87. The van der Waals surface area contributed by atoms with Crippen LogP contribution >= 0.6 is 15.9 Å². The van der Waals surface area contributed by atoms with Crippen molar-refractivity contribution in [1.29, 1.82) is 5.26 Å². The van der Waals surface area contributed by atoms with Crippen LogP contribution in [0.1, 0.15) is 5.56 Å². The third-order valence-corrected chi connectivity index (χ3v) is 3.44. The third-order valence-electron chi connectivity index (χ3n) is 2.98. The molecule has 0 heterocycles. The monoisotopic (exact) mass is 323 g/mol. The van der Waals surface area contributed by atoms with Crippen molar-refractivity contribution in [3.05, 3.63) is 70.7 Å². The number of ether oxygens (including phenoxy) is 1. The molecule has 0 saturated heterocycles. The summed E-state index contributed by atoms with van der Waals surface area (Å²) >= 11 is 3.39. The van der Waals surface area contributed by atoms with Gasteiger partial charge in [-0.3, -0.25) is 0 Å². The van der Waals surface area contributed by atoms with Gasteiger partial charge in [0, 0.05) is 9.86 Å². The number of nitrogens with zero attached hydrogens (tertiary/aromatic N) is 1. The topological polar surface area (TPSA) is 33.0 Å². The fraction of sp³-hybridized carbons (Fsp3) is 0. The number of rotatable bonds is 2. The molecule has 0 radical (unpaired) electrons. The summed E-state index contributed by atoms with van der Waals surface area (Å²) < 4.78 is 6.76. The maximum absolute atomic E-state index is 9.00. The molecule has 20 heavy (non-hydrogen) atoms. The second-order valence-electron chi connectivity index (χ2n) is 4.37. The lowest BCUT2D eigenvalue weighted by atomic mass is 10.1. The summed E-state index contributed by atoms with van der Waals surface area (Å²) in [5.41, 5.74) is 0.564. The number of hydrogen-bond donors (Lipinski definition) is 0. The highest BCUT2D eigenvalue weighted by Crippen LogP contribution is 2.31. The molecule has 0 saturated carbocycles. The number of nitriles is 1. The average molecular weight is 324 g/mol. The van der Waals surface area contributed by atoms with Gasteiger partial charge in [-0.05, 0) is 29.7 Å². The fourth-order valence-corrected chi connectivity index (χ4v) is 2.57. The highest BCUT2D eigenvalue weighted by Gasteiger charge is 2.05. The van der Waals surface area contributed by atoms with Gasteiger partial charge in [0.05, 0.1) is 11.6 Å². The molecule has 0 aliphatic carbocycles. The van der Waals surface area contributed by atoms with Crippen LogP contribution in [-0.4, -0.2) is 0 Å². The number of halogens is 1. The molecule has 0 bridgehead atoms. The highest BCUT2D eigenvalue weighted by atomic mass is 79.9. The van der Waals surface area contributed by atoms with E-state index in [1.54, 1.807) is 12.1 Å². The first-order valence-electron chi connectivity index (χ1n) is 6.12. The van der Waals surface area contributed by atoms with Crippen LogP contribution in [0.3, 0.4) is 0 Å². The number of fused-ring (bicyclic) bond motifs is 1. The molecule has 0 unspecified atom stereocenters. The van der Waals surface area contributed by atoms with Crippen LogP contribution in [0.5, 0.6) is 11.5 Å². The Bertz CT molecular complexity index is 815. The van der Waals surface area contributed by atoms with Crippen molar-refractivity contribution in [1.82, 2.24) is 0 Å². The minimum atomic E-state index is 0.564. The Balaban J connectivity index is 2.06. The minimum Gasteiger partial charge on any atom is -0.457 e. The SMILES string of the molecule is N#Cc1cc(Br)cc(Oc2cccc3ccccc23)c1. The number of benzene rings is 3. The molecule has 0 aromatic heterocycles. The van der Waals surface area contributed by atoms with E-state index in [2.05, 4.69) is 22.0 Å². The van der Waals surface area contributed by atoms with E-state index in [9.17, 15) is 0 Å².